The zero-order chi connectivity index (χ0) is 24.6. The van der Waals surface area contributed by atoms with E-state index in [9.17, 15) is 0 Å². The van der Waals surface area contributed by atoms with Crippen LogP contribution in [0.1, 0.15) is 33.9 Å². The monoisotopic (exact) mass is 504 g/mol. The second-order valence-corrected chi connectivity index (χ2v) is 9.40. The van der Waals surface area contributed by atoms with Crippen LogP contribution in [-0.2, 0) is 6.42 Å². The molecule has 8 bridgehead atoms. The Hall–Kier alpha value is -4.74. The van der Waals surface area contributed by atoms with Crippen LogP contribution in [0.25, 0.3) is 57.5 Å². The largest absolute Gasteiger partial charge is 0.355 e. The lowest BCUT2D eigenvalue weighted by Gasteiger charge is -1.98. The molecule has 0 fully saturated rings. The molecular formula is C33H24N4Si. The fourth-order valence-electron chi connectivity index (χ4n) is 5.02. The molecule has 0 spiro atoms. The summed E-state index contributed by atoms with van der Waals surface area (Å²) < 4.78 is 0. The Morgan fingerprint density at radius 2 is 0.842 bits per heavy atom. The number of hydrogen-bond donors (Lipinski definition) is 2. The molecule has 4 nitrogen and oxygen atoms in total. The zero-order valence-electron chi connectivity index (χ0n) is 20.6. The maximum Gasteiger partial charge on any atom is 0.0659 e. The van der Waals surface area contributed by atoms with Crippen LogP contribution in [0, 0.1) is 0 Å². The first-order valence-corrected chi connectivity index (χ1v) is 12.5. The highest BCUT2D eigenvalue weighted by Crippen LogP contribution is 2.35. The number of benzene rings is 2. The highest BCUT2D eigenvalue weighted by Gasteiger charge is 2.15. The molecule has 180 valence electrons. The highest BCUT2D eigenvalue weighted by atomic mass is 28.1. The Balaban J connectivity index is 0.000000160. The summed E-state index contributed by atoms with van der Waals surface area (Å²) in [7, 11) is 0. The Labute approximate surface area is 225 Å². The molecule has 2 N–H and O–H groups in total. The van der Waals surface area contributed by atoms with Crippen molar-refractivity contribution in [1.82, 2.24) is 19.9 Å². The van der Waals surface area contributed by atoms with Gasteiger partial charge < -0.3 is 9.97 Å². The molecule has 3 aromatic heterocycles. The number of H-pyrrole nitrogens is 2. The van der Waals surface area contributed by atoms with Gasteiger partial charge in [0.25, 0.3) is 0 Å². The van der Waals surface area contributed by atoms with Gasteiger partial charge in [0.1, 0.15) is 0 Å². The van der Waals surface area contributed by atoms with Crippen LogP contribution >= 0.6 is 0 Å². The van der Waals surface area contributed by atoms with E-state index in [4.69, 9.17) is 0 Å². The number of aromatic amines is 2. The first-order chi connectivity index (χ1) is 18.2. The second-order valence-electron chi connectivity index (χ2n) is 9.40. The van der Waals surface area contributed by atoms with E-state index in [-0.39, 0.29) is 11.0 Å². The summed E-state index contributed by atoms with van der Waals surface area (Å²) in [5.74, 6) is 0. The summed E-state index contributed by atoms with van der Waals surface area (Å²) in [4.78, 5) is 16.0. The lowest BCUT2D eigenvalue weighted by molar-refractivity contribution is 1.26. The molecule has 5 aromatic rings. The second kappa shape index (κ2) is 9.96. The molecule has 0 saturated heterocycles. The smallest absolute Gasteiger partial charge is 0.0659 e. The first kappa shape index (κ1) is 23.6. The van der Waals surface area contributed by atoms with E-state index in [1.807, 2.05) is 42.5 Å². The van der Waals surface area contributed by atoms with E-state index < -0.39 is 0 Å². The third kappa shape index (κ3) is 4.79. The number of rotatable bonds is 0. The van der Waals surface area contributed by atoms with Gasteiger partial charge in [-0.15, -0.1) is 0 Å². The van der Waals surface area contributed by atoms with Crippen LogP contribution in [0.15, 0.2) is 97.1 Å². The van der Waals surface area contributed by atoms with Gasteiger partial charge in [0, 0.05) is 33.0 Å². The third-order valence-electron chi connectivity index (χ3n) is 6.75. The molecular weight excluding hydrogens is 480 g/mol. The van der Waals surface area contributed by atoms with Crippen LogP contribution in [0.5, 0.6) is 0 Å². The van der Waals surface area contributed by atoms with Crippen LogP contribution in [-0.4, -0.2) is 30.9 Å². The van der Waals surface area contributed by atoms with E-state index in [1.54, 1.807) is 0 Å². The predicted octanol–water partition coefficient (Wildman–Crippen LogP) is 7.53. The minimum absolute atomic E-state index is 0. The van der Waals surface area contributed by atoms with Gasteiger partial charge in [-0.1, -0.05) is 48.5 Å². The van der Waals surface area contributed by atoms with Gasteiger partial charge >= 0.3 is 0 Å². The fraction of sp³-hybridized carbons (Fsp3) is 0.0303. The van der Waals surface area contributed by atoms with E-state index in [0.717, 1.165) is 51.3 Å². The van der Waals surface area contributed by atoms with Gasteiger partial charge in [-0.3, -0.25) is 0 Å². The summed E-state index contributed by atoms with van der Waals surface area (Å²) in [6.07, 6.45) is 9.15. The van der Waals surface area contributed by atoms with Crippen molar-refractivity contribution >= 4 is 57.3 Å². The highest BCUT2D eigenvalue weighted by molar-refractivity contribution is 5.78. The van der Waals surface area contributed by atoms with Crippen molar-refractivity contribution in [2.75, 3.05) is 0 Å². The van der Waals surface area contributed by atoms with E-state index in [1.165, 1.54) is 22.3 Å². The average molecular weight is 505 g/mol. The van der Waals surface area contributed by atoms with Crippen LogP contribution in [0.2, 0.25) is 0 Å². The lowest BCUT2D eigenvalue weighted by Crippen LogP contribution is -1.77. The number of nitrogens with one attached hydrogen (secondary N) is 2. The minimum atomic E-state index is 0. The number of fused-ring (bicyclic) bond motifs is 11. The van der Waals surface area contributed by atoms with Gasteiger partial charge in [-0.05, 0) is 102 Å². The molecule has 5 heteroatoms. The SMILES string of the molecule is C1=Cc2cc3ccc(cc4ccc(cc5nc(cc1n2)C=C5)[nH]4)[nH]3.[Si].c1ccc2c(c1)Cc1ccccc1-2. The molecule has 0 atom stereocenters. The average Bonchev–Trinajstić information content (AvgIpc) is 3.73. The quantitative estimate of drug-likeness (QED) is 0.210. The zero-order valence-corrected chi connectivity index (χ0v) is 21.6. The van der Waals surface area contributed by atoms with Gasteiger partial charge in [0.2, 0.25) is 0 Å². The fourth-order valence-corrected chi connectivity index (χ4v) is 5.02. The summed E-state index contributed by atoms with van der Waals surface area (Å²) >= 11 is 0. The van der Waals surface area contributed by atoms with Crippen molar-refractivity contribution in [3.8, 4) is 11.1 Å². The molecule has 0 saturated carbocycles. The molecule has 2 aliphatic heterocycles. The summed E-state index contributed by atoms with van der Waals surface area (Å²) in [6, 6.07) is 33.7. The van der Waals surface area contributed by atoms with Crippen LogP contribution in [0.4, 0.5) is 0 Å². The number of aromatic nitrogens is 4. The third-order valence-corrected chi connectivity index (χ3v) is 6.75. The Kier molecular flexibility index (Phi) is 6.20. The van der Waals surface area contributed by atoms with Crippen molar-refractivity contribution in [2.45, 2.75) is 6.42 Å². The minimum Gasteiger partial charge on any atom is -0.355 e. The summed E-state index contributed by atoms with van der Waals surface area (Å²) in [5.41, 5.74) is 13.6. The maximum absolute atomic E-state index is 4.62. The summed E-state index contributed by atoms with van der Waals surface area (Å²) in [6.45, 7) is 0. The molecule has 0 unspecified atom stereocenters. The van der Waals surface area contributed by atoms with Crippen molar-refractivity contribution in [3.05, 3.63) is 131 Å². The van der Waals surface area contributed by atoms with Crippen molar-refractivity contribution < 1.29 is 0 Å². The van der Waals surface area contributed by atoms with Gasteiger partial charge in [0.05, 0.1) is 22.8 Å². The molecule has 4 radical (unpaired) electrons. The van der Waals surface area contributed by atoms with Crippen LogP contribution in [0.3, 0.4) is 0 Å². The maximum atomic E-state index is 4.62. The number of hydrogen-bond acceptors (Lipinski definition) is 2. The van der Waals surface area contributed by atoms with Gasteiger partial charge in [-0.2, -0.15) is 0 Å². The lowest BCUT2D eigenvalue weighted by atomic mass is 10.1. The van der Waals surface area contributed by atoms with Gasteiger partial charge in [-0.25, -0.2) is 9.97 Å². The molecule has 5 heterocycles. The molecule has 1 aliphatic carbocycles. The van der Waals surface area contributed by atoms with Crippen molar-refractivity contribution in [3.63, 3.8) is 0 Å². The Bertz CT molecular complexity index is 1740. The molecule has 0 amide bonds. The predicted molar refractivity (Wildman–Crippen MR) is 159 cm³/mol. The van der Waals surface area contributed by atoms with Gasteiger partial charge in [0.15, 0.2) is 0 Å². The molecule has 2 aromatic carbocycles. The number of nitrogens with zero attached hydrogens (tertiary/aromatic N) is 2. The molecule has 38 heavy (non-hydrogen) atoms. The normalized spacial score (nSPS) is 12.2. The first-order valence-electron chi connectivity index (χ1n) is 12.5. The van der Waals surface area contributed by atoms with E-state index in [0.29, 0.717) is 0 Å². The van der Waals surface area contributed by atoms with E-state index in [2.05, 4.69) is 98.8 Å². The topological polar surface area (TPSA) is 57.4 Å². The van der Waals surface area contributed by atoms with E-state index >= 15 is 0 Å². The standard InChI is InChI=1S/C20H14N4.C13H10.Si/c1-2-14-10-16-5-6-18(23-16)12-20-8-7-19(24-20)11-17-4-3-15(22-17)9-13(1)21-14;1-3-7-12-10(5-1)9-11-6-2-4-8-13(11)12;/h1-12,21-22H;1-8H,9H2;. The van der Waals surface area contributed by atoms with Crippen LogP contribution < -0.4 is 0 Å². The molecule has 8 rings (SSSR count). The Morgan fingerprint density at radius 1 is 0.447 bits per heavy atom. The Morgan fingerprint density at radius 3 is 1.32 bits per heavy atom. The summed E-state index contributed by atoms with van der Waals surface area (Å²) in [5, 5.41) is 0. The molecule has 3 aliphatic rings. The van der Waals surface area contributed by atoms with Crippen molar-refractivity contribution in [2.24, 2.45) is 0 Å². The van der Waals surface area contributed by atoms with Crippen molar-refractivity contribution in [1.29, 1.82) is 0 Å².